The van der Waals surface area contributed by atoms with E-state index >= 15 is 0 Å². The van der Waals surface area contributed by atoms with Crippen molar-refractivity contribution in [2.45, 2.75) is 13.5 Å². The number of aryl methyl sites for hydroxylation is 1. The number of rotatable bonds is 3. The summed E-state index contributed by atoms with van der Waals surface area (Å²) in [5.41, 5.74) is 2.31. The van der Waals surface area contributed by atoms with Gasteiger partial charge in [-0.15, -0.1) is 11.3 Å². The standard InChI is InChI=1S/C13H12ClNOS/c1-9-4-2-3-5-10(9)8-15-13(16)11-6-7-12(14)17-11/h2-7H,8H2,1H3,(H,15,16). The van der Waals surface area contributed by atoms with Gasteiger partial charge in [0.05, 0.1) is 9.21 Å². The molecule has 2 aromatic rings. The number of nitrogens with one attached hydrogen (secondary N) is 1. The lowest BCUT2D eigenvalue weighted by Gasteiger charge is -2.06. The molecule has 0 aliphatic carbocycles. The van der Waals surface area contributed by atoms with Crippen molar-refractivity contribution >= 4 is 28.8 Å². The van der Waals surface area contributed by atoms with Gasteiger partial charge < -0.3 is 5.32 Å². The third-order valence-corrected chi connectivity index (χ3v) is 3.73. The Kier molecular flexibility index (Phi) is 3.82. The van der Waals surface area contributed by atoms with Crippen LogP contribution in [-0.2, 0) is 6.54 Å². The Labute approximate surface area is 109 Å². The number of benzene rings is 1. The van der Waals surface area contributed by atoms with Crippen molar-refractivity contribution in [2.75, 3.05) is 0 Å². The fraction of sp³-hybridized carbons (Fsp3) is 0.154. The summed E-state index contributed by atoms with van der Waals surface area (Å²) < 4.78 is 0.631. The number of hydrogen-bond donors (Lipinski definition) is 1. The van der Waals surface area contributed by atoms with E-state index in [-0.39, 0.29) is 5.91 Å². The minimum atomic E-state index is -0.0786. The van der Waals surface area contributed by atoms with Gasteiger partial charge in [0.2, 0.25) is 0 Å². The van der Waals surface area contributed by atoms with Crippen molar-refractivity contribution in [3.05, 3.63) is 56.7 Å². The average molecular weight is 266 g/mol. The Morgan fingerprint density at radius 1 is 1.29 bits per heavy atom. The molecule has 0 atom stereocenters. The van der Waals surface area contributed by atoms with E-state index in [1.807, 2.05) is 31.2 Å². The van der Waals surface area contributed by atoms with Crippen LogP contribution >= 0.6 is 22.9 Å². The van der Waals surface area contributed by atoms with Crippen LogP contribution in [0.5, 0.6) is 0 Å². The monoisotopic (exact) mass is 265 g/mol. The lowest BCUT2D eigenvalue weighted by atomic mass is 10.1. The predicted molar refractivity (Wildman–Crippen MR) is 71.7 cm³/mol. The Hall–Kier alpha value is -1.32. The molecule has 2 nitrogen and oxygen atoms in total. The molecule has 1 aromatic heterocycles. The normalized spacial score (nSPS) is 10.2. The van der Waals surface area contributed by atoms with Gasteiger partial charge in [0.15, 0.2) is 0 Å². The van der Waals surface area contributed by atoms with Gasteiger partial charge in [-0.2, -0.15) is 0 Å². The van der Waals surface area contributed by atoms with Crippen LogP contribution in [0.2, 0.25) is 4.34 Å². The summed E-state index contributed by atoms with van der Waals surface area (Å²) in [7, 11) is 0. The summed E-state index contributed by atoms with van der Waals surface area (Å²) >= 11 is 7.07. The smallest absolute Gasteiger partial charge is 0.261 e. The first-order valence-electron chi connectivity index (χ1n) is 5.25. The van der Waals surface area contributed by atoms with E-state index in [1.165, 1.54) is 16.9 Å². The molecule has 0 saturated heterocycles. The molecular formula is C13H12ClNOS. The first-order valence-corrected chi connectivity index (χ1v) is 6.44. The Morgan fingerprint density at radius 2 is 2.06 bits per heavy atom. The maximum atomic E-state index is 11.8. The zero-order chi connectivity index (χ0) is 12.3. The van der Waals surface area contributed by atoms with Crippen molar-refractivity contribution in [3.63, 3.8) is 0 Å². The van der Waals surface area contributed by atoms with Crippen LogP contribution in [0.4, 0.5) is 0 Å². The van der Waals surface area contributed by atoms with E-state index in [0.717, 1.165) is 5.56 Å². The van der Waals surface area contributed by atoms with Gasteiger partial charge in [-0.3, -0.25) is 4.79 Å². The van der Waals surface area contributed by atoms with E-state index in [1.54, 1.807) is 12.1 Å². The third kappa shape index (κ3) is 3.08. The van der Waals surface area contributed by atoms with Crippen LogP contribution < -0.4 is 5.32 Å². The molecule has 2 rings (SSSR count). The number of amides is 1. The van der Waals surface area contributed by atoms with Crippen LogP contribution in [0.3, 0.4) is 0 Å². The van der Waals surface area contributed by atoms with Crippen molar-refractivity contribution in [3.8, 4) is 0 Å². The van der Waals surface area contributed by atoms with Crippen molar-refractivity contribution in [1.29, 1.82) is 0 Å². The lowest BCUT2D eigenvalue weighted by Crippen LogP contribution is -2.22. The maximum Gasteiger partial charge on any atom is 0.261 e. The number of hydrogen-bond acceptors (Lipinski definition) is 2. The molecule has 4 heteroatoms. The highest BCUT2D eigenvalue weighted by Crippen LogP contribution is 2.21. The highest BCUT2D eigenvalue weighted by Gasteiger charge is 2.08. The van der Waals surface area contributed by atoms with Crippen molar-refractivity contribution < 1.29 is 4.79 Å². The van der Waals surface area contributed by atoms with Crippen LogP contribution in [0.1, 0.15) is 20.8 Å². The molecule has 0 aliphatic rings. The highest BCUT2D eigenvalue weighted by atomic mass is 35.5. The van der Waals surface area contributed by atoms with Gasteiger partial charge in [-0.1, -0.05) is 35.9 Å². The molecule has 0 spiro atoms. The fourth-order valence-electron chi connectivity index (χ4n) is 1.51. The Balaban J connectivity index is 1.99. The topological polar surface area (TPSA) is 29.1 Å². The molecule has 17 heavy (non-hydrogen) atoms. The van der Waals surface area contributed by atoms with E-state index in [0.29, 0.717) is 15.8 Å². The molecule has 88 valence electrons. The summed E-state index contributed by atoms with van der Waals surface area (Å²) in [6.07, 6.45) is 0. The SMILES string of the molecule is Cc1ccccc1CNC(=O)c1ccc(Cl)s1. The summed E-state index contributed by atoms with van der Waals surface area (Å²) in [5.74, 6) is -0.0786. The lowest BCUT2D eigenvalue weighted by molar-refractivity contribution is 0.0955. The second kappa shape index (κ2) is 5.34. The molecule has 1 heterocycles. The molecular weight excluding hydrogens is 254 g/mol. The predicted octanol–water partition coefficient (Wildman–Crippen LogP) is 3.64. The minimum absolute atomic E-state index is 0.0786. The number of carbonyl (C=O) groups excluding carboxylic acids is 1. The summed E-state index contributed by atoms with van der Waals surface area (Å²) in [6, 6.07) is 11.5. The van der Waals surface area contributed by atoms with Gasteiger partial charge in [0.1, 0.15) is 0 Å². The molecule has 1 aromatic carbocycles. The average Bonchev–Trinajstić information content (AvgIpc) is 2.74. The quantitative estimate of drug-likeness (QED) is 0.902. The maximum absolute atomic E-state index is 11.8. The molecule has 0 bridgehead atoms. The van der Waals surface area contributed by atoms with E-state index in [2.05, 4.69) is 5.32 Å². The van der Waals surface area contributed by atoms with Crippen LogP contribution in [0.15, 0.2) is 36.4 Å². The van der Waals surface area contributed by atoms with Crippen molar-refractivity contribution in [1.82, 2.24) is 5.32 Å². The van der Waals surface area contributed by atoms with Gasteiger partial charge in [-0.25, -0.2) is 0 Å². The summed E-state index contributed by atoms with van der Waals surface area (Å²) in [5, 5.41) is 2.88. The summed E-state index contributed by atoms with van der Waals surface area (Å²) in [4.78, 5) is 12.4. The number of thiophene rings is 1. The van der Waals surface area contributed by atoms with E-state index in [9.17, 15) is 4.79 Å². The zero-order valence-electron chi connectivity index (χ0n) is 9.37. The largest absolute Gasteiger partial charge is 0.347 e. The second-order valence-electron chi connectivity index (χ2n) is 3.71. The van der Waals surface area contributed by atoms with Gasteiger partial charge in [-0.05, 0) is 30.2 Å². The molecule has 0 aliphatic heterocycles. The first-order chi connectivity index (χ1) is 8.16. The molecule has 1 amide bonds. The van der Waals surface area contributed by atoms with E-state index < -0.39 is 0 Å². The molecule has 0 fully saturated rings. The fourth-order valence-corrected chi connectivity index (χ4v) is 2.47. The molecule has 0 radical (unpaired) electrons. The van der Waals surface area contributed by atoms with Gasteiger partial charge in [0.25, 0.3) is 5.91 Å². The number of halogens is 1. The zero-order valence-corrected chi connectivity index (χ0v) is 10.9. The Morgan fingerprint density at radius 3 is 2.71 bits per heavy atom. The minimum Gasteiger partial charge on any atom is -0.347 e. The molecule has 0 unspecified atom stereocenters. The first kappa shape index (κ1) is 12.1. The van der Waals surface area contributed by atoms with Gasteiger partial charge >= 0.3 is 0 Å². The second-order valence-corrected chi connectivity index (χ2v) is 5.43. The Bertz CT molecular complexity index is 536. The van der Waals surface area contributed by atoms with Crippen molar-refractivity contribution in [2.24, 2.45) is 0 Å². The molecule has 1 N–H and O–H groups in total. The highest BCUT2D eigenvalue weighted by molar-refractivity contribution is 7.17. The van der Waals surface area contributed by atoms with Gasteiger partial charge in [0, 0.05) is 6.54 Å². The van der Waals surface area contributed by atoms with Crippen LogP contribution in [-0.4, -0.2) is 5.91 Å². The number of carbonyl (C=O) groups is 1. The van der Waals surface area contributed by atoms with Crippen LogP contribution in [0.25, 0.3) is 0 Å². The summed E-state index contributed by atoms with van der Waals surface area (Å²) in [6.45, 7) is 2.57. The van der Waals surface area contributed by atoms with E-state index in [4.69, 9.17) is 11.6 Å². The third-order valence-electron chi connectivity index (χ3n) is 2.50. The van der Waals surface area contributed by atoms with Crippen LogP contribution in [0, 0.1) is 6.92 Å². The molecule has 0 saturated carbocycles.